The number of guanidine groups is 1. The minimum absolute atomic E-state index is 0. The predicted octanol–water partition coefficient (Wildman–Crippen LogP) is 4.10. The van der Waals surface area contributed by atoms with Gasteiger partial charge in [-0.05, 0) is 32.3 Å². The van der Waals surface area contributed by atoms with Crippen LogP contribution in [0.3, 0.4) is 0 Å². The zero-order valence-electron chi connectivity index (χ0n) is 17.1. The Balaban J connectivity index is 0.00000364. The van der Waals surface area contributed by atoms with Gasteiger partial charge < -0.3 is 15.4 Å². The van der Waals surface area contributed by atoms with Crippen molar-refractivity contribution >= 4 is 29.9 Å². The molecule has 27 heavy (non-hydrogen) atoms. The van der Waals surface area contributed by atoms with Crippen LogP contribution in [0, 0.1) is 20.8 Å². The Morgan fingerprint density at radius 3 is 2.41 bits per heavy atom. The predicted molar refractivity (Wildman–Crippen MR) is 123 cm³/mol. The van der Waals surface area contributed by atoms with E-state index in [2.05, 4.69) is 58.7 Å². The number of halogens is 1. The third kappa shape index (κ3) is 6.37. The lowest BCUT2D eigenvalue weighted by atomic mass is 10.0. The average molecular weight is 482 g/mol. The zero-order chi connectivity index (χ0) is 19.1. The third-order valence-electron chi connectivity index (χ3n) is 4.62. The second-order valence-electron chi connectivity index (χ2n) is 6.66. The van der Waals surface area contributed by atoms with Crippen LogP contribution < -0.4 is 15.4 Å². The molecule has 0 radical (unpaired) electrons. The SMILES string of the molecule is CN=C(NCc1ncc(C)c(OC)c1C)NCC(C)c1ccc(C)cc1.I. The van der Waals surface area contributed by atoms with Gasteiger partial charge in [0.2, 0.25) is 0 Å². The molecule has 0 fully saturated rings. The summed E-state index contributed by atoms with van der Waals surface area (Å²) in [6.45, 7) is 9.76. The molecule has 1 atom stereocenters. The van der Waals surface area contributed by atoms with E-state index < -0.39 is 0 Å². The first kappa shape index (κ1) is 23.2. The fraction of sp³-hybridized carbons (Fsp3) is 0.429. The molecule has 0 amide bonds. The topological polar surface area (TPSA) is 58.5 Å². The molecule has 1 aromatic heterocycles. The number of nitrogens with zero attached hydrogens (tertiary/aromatic N) is 2. The molecule has 5 nitrogen and oxygen atoms in total. The second kappa shape index (κ2) is 11.1. The number of aromatic nitrogens is 1. The Labute approximate surface area is 180 Å². The number of hydrogen-bond donors (Lipinski definition) is 2. The molecule has 0 aliphatic rings. The maximum absolute atomic E-state index is 5.47. The molecule has 0 aliphatic carbocycles. The Morgan fingerprint density at radius 1 is 1.15 bits per heavy atom. The van der Waals surface area contributed by atoms with Crippen molar-refractivity contribution in [2.24, 2.45) is 4.99 Å². The molecule has 1 heterocycles. The van der Waals surface area contributed by atoms with E-state index in [1.165, 1.54) is 11.1 Å². The summed E-state index contributed by atoms with van der Waals surface area (Å²) in [6, 6.07) is 8.67. The number of rotatable bonds is 6. The van der Waals surface area contributed by atoms with Gasteiger partial charge in [0.05, 0.1) is 19.3 Å². The first-order valence-electron chi connectivity index (χ1n) is 8.96. The molecule has 0 saturated heterocycles. The monoisotopic (exact) mass is 482 g/mol. The molecule has 0 saturated carbocycles. The minimum Gasteiger partial charge on any atom is -0.496 e. The summed E-state index contributed by atoms with van der Waals surface area (Å²) in [7, 11) is 3.47. The van der Waals surface area contributed by atoms with E-state index >= 15 is 0 Å². The van der Waals surface area contributed by atoms with E-state index in [1.807, 2.05) is 20.0 Å². The molecule has 0 aliphatic heterocycles. The van der Waals surface area contributed by atoms with Gasteiger partial charge in [0.15, 0.2) is 5.96 Å². The number of aryl methyl sites for hydroxylation is 2. The highest BCUT2D eigenvalue weighted by atomic mass is 127. The van der Waals surface area contributed by atoms with Crippen molar-refractivity contribution in [3.05, 3.63) is 58.4 Å². The number of benzene rings is 1. The standard InChI is InChI=1S/C21H30N4O.HI/c1-14-7-9-18(10-8-14)15(2)11-24-21(22-5)25-13-19-17(4)20(26-6)16(3)12-23-19;/h7-10,12,15H,11,13H2,1-6H3,(H2,22,24,25);1H. The van der Waals surface area contributed by atoms with Crippen LogP contribution in [0.25, 0.3) is 0 Å². The lowest BCUT2D eigenvalue weighted by molar-refractivity contribution is 0.406. The maximum atomic E-state index is 5.47. The smallest absolute Gasteiger partial charge is 0.191 e. The fourth-order valence-electron chi connectivity index (χ4n) is 2.90. The molecule has 2 rings (SSSR count). The second-order valence-corrected chi connectivity index (χ2v) is 6.66. The molecule has 2 aromatic rings. The molecule has 1 aromatic carbocycles. The molecule has 148 valence electrons. The molecular weight excluding hydrogens is 451 g/mol. The summed E-state index contributed by atoms with van der Waals surface area (Å²) in [5, 5.41) is 6.73. The molecular formula is C21H31IN4O. The maximum Gasteiger partial charge on any atom is 0.191 e. The number of aliphatic imine (C=N–C) groups is 1. The summed E-state index contributed by atoms with van der Waals surface area (Å²) in [5.74, 6) is 2.06. The van der Waals surface area contributed by atoms with Crippen molar-refractivity contribution in [2.45, 2.75) is 40.2 Å². The molecule has 1 unspecified atom stereocenters. The van der Waals surface area contributed by atoms with E-state index in [0.717, 1.165) is 35.1 Å². The van der Waals surface area contributed by atoms with Crippen LogP contribution in [0.1, 0.15) is 40.8 Å². The van der Waals surface area contributed by atoms with Gasteiger partial charge in [-0.25, -0.2) is 0 Å². The summed E-state index contributed by atoms with van der Waals surface area (Å²) < 4.78 is 5.47. The molecule has 2 N–H and O–H groups in total. The number of hydrogen-bond acceptors (Lipinski definition) is 3. The molecule has 6 heteroatoms. The summed E-state index contributed by atoms with van der Waals surface area (Å²) in [6.07, 6.45) is 1.85. The van der Waals surface area contributed by atoms with Crippen molar-refractivity contribution in [2.75, 3.05) is 20.7 Å². The molecule has 0 spiro atoms. The Bertz CT molecular complexity index is 760. The van der Waals surface area contributed by atoms with Crippen LogP contribution in [-0.4, -0.2) is 31.6 Å². The number of ether oxygens (including phenoxy) is 1. The summed E-state index contributed by atoms with van der Waals surface area (Å²) in [5.41, 5.74) is 5.66. The van der Waals surface area contributed by atoms with Gasteiger partial charge in [-0.15, -0.1) is 24.0 Å². The lowest BCUT2D eigenvalue weighted by Gasteiger charge is -2.17. The van der Waals surface area contributed by atoms with Crippen LogP contribution in [0.2, 0.25) is 0 Å². The van der Waals surface area contributed by atoms with Gasteiger partial charge in [0, 0.05) is 30.9 Å². The van der Waals surface area contributed by atoms with Crippen LogP contribution >= 0.6 is 24.0 Å². The Morgan fingerprint density at radius 2 is 1.81 bits per heavy atom. The van der Waals surface area contributed by atoms with Gasteiger partial charge in [-0.2, -0.15) is 0 Å². The number of nitrogens with one attached hydrogen (secondary N) is 2. The zero-order valence-corrected chi connectivity index (χ0v) is 19.4. The summed E-state index contributed by atoms with van der Waals surface area (Å²) >= 11 is 0. The highest BCUT2D eigenvalue weighted by Gasteiger charge is 2.11. The van der Waals surface area contributed by atoms with Crippen molar-refractivity contribution in [1.29, 1.82) is 0 Å². The lowest BCUT2D eigenvalue weighted by Crippen LogP contribution is -2.38. The fourth-order valence-corrected chi connectivity index (χ4v) is 2.90. The highest BCUT2D eigenvalue weighted by molar-refractivity contribution is 14.0. The molecule has 0 bridgehead atoms. The highest BCUT2D eigenvalue weighted by Crippen LogP contribution is 2.23. The first-order valence-corrected chi connectivity index (χ1v) is 8.96. The van der Waals surface area contributed by atoms with Crippen LogP contribution in [0.15, 0.2) is 35.5 Å². The van der Waals surface area contributed by atoms with Crippen molar-refractivity contribution in [3.8, 4) is 5.75 Å². The van der Waals surface area contributed by atoms with Gasteiger partial charge in [-0.1, -0.05) is 36.8 Å². The quantitative estimate of drug-likeness (QED) is 0.370. The van der Waals surface area contributed by atoms with Crippen molar-refractivity contribution < 1.29 is 4.74 Å². The van der Waals surface area contributed by atoms with E-state index in [0.29, 0.717) is 12.5 Å². The Kier molecular flexibility index (Phi) is 9.55. The van der Waals surface area contributed by atoms with E-state index in [9.17, 15) is 0 Å². The third-order valence-corrected chi connectivity index (χ3v) is 4.62. The van der Waals surface area contributed by atoms with Gasteiger partial charge in [-0.3, -0.25) is 9.98 Å². The average Bonchev–Trinajstić information content (AvgIpc) is 2.64. The Hall–Kier alpha value is -1.83. The van der Waals surface area contributed by atoms with Gasteiger partial charge in [0.1, 0.15) is 5.75 Å². The normalized spacial score (nSPS) is 12.1. The van der Waals surface area contributed by atoms with Crippen LogP contribution in [-0.2, 0) is 6.54 Å². The number of methoxy groups -OCH3 is 1. The van der Waals surface area contributed by atoms with Crippen LogP contribution in [0.4, 0.5) is 0 Å². The van der Waals surface area contributed by atoms with Gasteiger partial charge >= 0.3 is 0 Å². The van der Waals surface area contributed by atoms with E-state index in [1.54, 1.807) is 14.2 Å². The van der Waals surface area contributed by atoms with Crippen LogP contribution in [0.5, 0.6) is 5.75 Å². The van der Waals surface area contributed by atoms with Crippen molar-refractivity contribution in [1.82, 2.24) is 15.6 Å². The number of pyridine rings is 1. The van der Waals surface area contributed by atoms with Crippen molar-refractivity contribution in [3.63, 3.8) is 0 Å². The minimum atomic E-state index is 0. The van der Waals surface area contributed by atoms with E-state index in [-0.39, 0.29) is 24.0 Å². The summed E-state index contributed by atoms with van der Waals surface area (Å²) in [4.78, 5) is 8.83. The van der Waals surface area contributed by atoms with E-state index in [4.69, 9.17) is 4.74 Å². The largest absolute Gasteiger partial charge is 0.496 e. The first-order chi connectivity index (χ1) is 12.5. The van der Waals surface area contributed by atoms with Gasteiger partial charge in [0.25, 0.3) is 0 Å².